The van der Waals surface area contributed by atoms with Crippen LogP contribution in [0.25, 0.3) is 0 Å². The molecule has 25 heavy (non-hydrogen) atoms. The van der Waals surface area contributed by atoms with Crippen molar-refractivity contribution in [2.45, 2.75) is 51.2 Å². The second kappa shape index (κ2) is 9.78. The number of rotatable bonds is 11. The van der Waals surface area contributed by atoms with Crippen LogP contribution in [-0.4, -0.2) is 46.3 Å². The minimum Gasteiger partial charge on any atom is -0.480 e. The van der Waals surface area contributed by atoms with Gasteiger partial charge in [0.1, 0.15) is 6.04 Å². The highest BCUT2D eigenvalue weighted by molar-refractivity contribution is 5.96. The molecule has 138 valence electrons. The van der Waals surface area contributed by atoms with Crippen LogP contribution in [0.1, 0.15) is 49.9 Å². The van der Waals surface area contributed by atoms with E-state index in [1.54, 1.807) is 30.3 Å². The van der Waals surface area contributed by atoms with E-state index in [0.717, 1.165) is 0 Å². The van der Waals surface area contributed by atoms with Crippen molar-refractivity contribution in [3.05, 3.63) is 35.9 Å². The number of hydrogen-bond donors (Lipinski definition) is 3. The van der Waals surface area contributed by atoms with E-state index >= 15 is 0 Å². The Kier molecular flexibility index (Phi) is 8.07. The van der Waals surface area contributed by atoms with Crippen molar-refractivity contribution >= 4 is 17.8 Å². The molecule has 0 aliphatic heterocycles. The lowest BCUT2D eigenvalue weighted by molar-refractivity contribution is -0.161. The van der Waals surface area contributed by atoms with E-state index in [4.69, 9.17) is 9.84 Å². The molecule has 7 nitrogen and oxygen atoms in total. The maximum atomic E-state index is 12.0. The van der Waals surface area contributed by atoms with Crippen molar-refractivity contribution in [3.8, 4) is 0 Å². The molecule has 0 aliphatic carbocycles. The average Bonchev–Trinajstić information content (AvgIpc) is 2.57. The number of carboxylic acid groups (broad SMARTS) is 2. The molecular formula is C18H25NO6. The van der Waals surface area contributed by atoms with Gasteiger partial charge in [0.15, 0.2) is 5.60 Å². The molecule has 0 spiro atoms. The molecule has 0 saturated heterocycles. The fourth-order valence-corrected chi connectivity index (χ4v) is 2.10. The number of nitrogens with one attached hydrogen (secondary N) is 1. The number of amides is 1. The number of ether oxygens (including phenoxy) is 1. The van der Waals surface area contributed by atoms with Crippen molar-refractivity contribution in [1.29, 1.82) is 0 Å². The second-order valence-electron chi connectivity index (χ2n) is 6.24. The lowest BCUT2D eigenvalue weighted by atomic mass is 10.1. The largest absolute Gasteiger partial charge is 0.480 e. The Labute approximate surface area is 147 Å². The summed E-state index contributed by atoms with van der Waals surface area (Å²) in [5.41, 5.74) is -0.814. The van der Waals surface area contributed by atoms with E-state index in [2.05, 4.69) is 5.32 Å². The number of unbranched alkanes of at least 4 members (excludes halogenated alkanes) is 2. The quantitative estimate of drug-likeness (QED) is 0.527. The van der Waals surface area contributed by atoms with Gasteiger partial charge in [-0.1, -0.05) is 31.0 Å². The summed E-state index contributed by atoms with van der Waals surface area (Å²) in [6.45, 7) is 3.25. The van der Waals surface area contributed by atoms with Crippen LogP contribution >= 0.6 is 0 Å². The molecule has 0 saturated carbocycles. The van der Waals surface area contributed by atoms with Gasteiger partial charge in [-0.15, -0.1) is 0 Å². The summed E-state index contributed by atoms with van der Waals surface area (Å²) in [4.78, 5) is 34.2. The van der Waals surface area contributed by atoms with E-state index in [0.29, 0.717) is 31.2 Å². The molecule has 1 aromatic carbocycles. The number of carboxylic acids is 2. The first-order valence-electron chi connectivity index (χ1n) is 8.20. The molecule has 7 heteroatoms. The van der Waals surface area contributed by atoms with E-state index in [1.165, 1.54) is 13.8 Å². The smallest absolute Gasteiger partial charge is 0.335 e. The predicted molar refractivity (Wildman–Crippen MR) is 91.5 cm³/mol. The highest BCUT2D eigenvalue weighted by Crippen LogP contribution is 2.12. The van der Waals surface area contributed by atoms with Crippen LogP contribution in [-0.2, 0) is 14.3 Å². The van der Waals surface area contributed by atoms with Gasteiger partial charge in [0.25, 0.3) is 5.91 Å². The highest BCUT2D eigenvalue weighted by Gasteiger charge is 2.27. The highest BCUT2D eigenvalue weighted by atomic mass is 16.5. The van der Waals surface area contributed by atoms with Crippen molar-refractivity contribution in [1.82, 2.24) is 5.32 Å². The van der Waals surface area contributed by atoms with Crippen molar-refractivity contribution in [2.24, 2.45) is 0 Å². The molecule has 1 rings (SSSR count). The van der Waals surface area contributed by atoms with Gasteiger partial charge in [0.05, 0.1) is 0 Å². The molecule has 0 fully saturated rings. The van der Waals surface area contributed by atoms with Gasteiger partial charge in [-0.2, -0.15) is 0 Å². The first kappa shape index (κ1) is 20.6. The summed E-state index contributed by atoms with van der Waals surface area (Å²) in [6.07, 6.45) is 2.19. The SMILES string of the molecule is CC(C)(OCCCCCC(NC(=O)c1ccccc1)C(=O)O)C(=O)O. The fourth-order valence-electron chi connectivity index (χ4n) is 2.10. The maximum absolute atomic E-state index is 12.0. The third-order valence-electron chi connectivity index (χ3n) is 3.75. The first-order chi connectivity index (χ1) is 11.7. The topological polar surface area (TPSA) is 113 Å². The molecule has 1 amide bonds. The Morgan fingerprint density at radius 1 is 1.08 bits per heavy atom. The van der Waals surface area contributed by atoms with E-state index in [1.807, 2.05) is 0 Å². The second-order valence-corrected chi connectivity index (χ2v) is 6.24. The zero-order valence-corrected chi connectivity index (χ0v) is 14.5. The lowest BCUT2D eigenvalue weighted by Crippen LogP contribution is -2.40. The minimum absolute atomic E-state index is 0.285. The van der Waals surface area contributed by atoms with Gasteiger partial charge >= 0.3 is 11.9 Å². The van der Waals surface area contributed by atoms with E-state index in [9.17, 15) is 19.5 Å². The molecule has 1 aromatic rings. The van der Waals surface area contributed by atoms with Gasteiger partial charge < -0.3 is 20.3 Å². The lowest BCUT2D eigenvalue weighted by Gasteiger charge is -2.20. The zero-order chi connectivity index (χ0) is 18.9. The normalized spacial score (nSPS) is 12.4. The van der Waals surface area contributed by atoms with Gasteiger partial charge in [0.2, 0.25) is 0 Å². The summed E-state index contributed by atoms with van der Waals surface area (Å²) < 4.78 is 5.28. The number of carbonyl (C=O) groups is 3. The van der Waals surface area contributed by atoms with Crippen LogP contribution in [0.5, 0.6) is 0 Å². The summed E-state index contributed by atoms with van der Waals surface area (Å²) in [7, 11) is 0. The summed E-state index contributed by atoms with van der Waals surface area (Å²) in [5, 5.41) is 20.7. The van der Waals surface area contributed by atoms with Crippen LogP contribution in [0.2, 0.25) is 0 Å². The summed E-state index contributed by atoms with van der Waals surface area (Å²) >= 11 is 0. The molecule has 1 unspecified atom stereocenters. The molecule has 1 atom stereocenters. The molecule has 0 radical (unpaired) electrons. The van der Waals surface area contributed by atoms with Crippen molar-refractivity contribution < 1.29 is 29.3 Å². The fraction of sp³-hybridized carbons (Fsp3) is 0.500. The summed E-state index contributed by atoms with van der Waals surface area (Å²) in [6, 6.07) is 7.49. The average molecular weight is 351 g/mol. The number of hydrogen-bond acceptors (Lipinski definition) is 4. The monoisotopic (exact) mass is 351 g/mol. The zero-order valence-electron chi connectivity index (χ0n) is 14.5. The third-order valence-corrected chi connectivity index (χ3v) is 3.75. The molecule has 0 aliphatic rings. The molecule has 3 N–H and O–H groups in total. The van der Waals surface area contributed by atoms with E-state index < -0.39 is 29.5 Å². The Hall–Kier alpha value is -2.41. The van der Waals surface area contributed by atoms with Gasteiger partial charge in [-0.05, 0) is 38.8 Å². The Morgan fingerprint density at radius 2 is 1.72 bits per heavy atom. The van der Waals surface area contributed by atoms with Crippen molar-refractivity contribution in [2.75, 3.05) is 6.61 Å². The Bertz CT molecular complexity index is 584. The summed E-state index contributed by atoms with van der Waals surface area (Å²) in [5.74, 6) is -2.52. The minimum atomic E-state index is -1.23. The third kappa shape index (κ3) is 7.34. The maximum Gasteiger partial charge on any atom is 0.335 e. The molecule has 0 bridgehead atoms. The van der Waals surface area contributed by atoms with Crippen LogP contribution in [0.15, 0.2) is 30.3 Å². The standard InChI is InChI=1S/C18H25NO6/c1-18(2,17(23)24)25-12-8-4-7-11-14(16(21)22)19-15(20)13-9-5-3-6-10-13/h3,5-6,9-10,14H,4,7-8,11-12H2,1-2H3,(H,19,20)(H,21,22)(H,23,24). The van der Waals surface area contributed by atoms with Crippen LogP contribution in [0, 0.1) is 0 Å². The molecule has 0 aromatic heterocycles. The Morgan fingerprint density at radius 3 is 2.28 bits per heavy atom. The van der Waals surface area contributed by atoms with Gasteiger partial charge in [-0.25, -0.2) is 9.59 Å². The van der Waals surface area contributed by atoms with Crippen molar-refractivity contribution in [3.63, 3.8) is 0 Å². The number of aliphatic carboxylic acids is 2. The number of benzene rings is 1. The first-order valence-corrected chi connectivity index (χ1v) is 8.20. The van der Waals surface area contributed by atoms with Gasteiger partial charge in [-0.3, -0.25) is 4.79 Å². The van der Waals surface area contributed by atoms with Gasteiger partial charge in [0, 0.05) is 12.2 Å². The number of carbonyl (C=O) groups excluding carboxylic acids is 1. The van der Waals surface area contributed by atoms with E-state index in [-0.39, 0.29) is 6.61 Å². The van der Waals surface area contributed by atoms with Crippen LogP contribution in [0.3, 0.4) is 0 Å². The molecule has 0 heterocycles. The Balaban J connectivity index is 2.33. The molecular weight excluding hydrogens is 326 g/mol. The predicted octanol–water partition coefficient (Wildman–Crippen LogP) is 2.31. The van der Waals surface area contributed by atoms with Crippen LogP contribution in [0.4, 0.5) is 0 Å². The van der Waals surface area contributed by atoms with Crippen LogP contribution < -0.4 is 5.32 Å².